The number of rotatable bonds is 7. The number of aryl methyl sites for hydroxylation is 1. The monoisotopic (exact) mass is 385 g/mol. The van der Waals surface area contributed by atoms with Gasteiger partial charge in [0, 0.05) is 17.0 Å². The molecule has 8 heteroatoms. The van der Waals surface area contributed by atoms with E-state index >= 15 is 0 Å². The molecule has 1 N–H and O–H groups in total. The van der Waals surface area contributed by atoms with Crippen LogP contribution in [0.25, 0.3) is 0 Å². The van der Waals surface area contributed by atoms with E-state index in [0.29, 0.717) is 22.3 Å². The van der Waals surface area contributed by atoms with Crippen LogP contribution in [0.4, 0.5) is 14.5 Å². The second-order valence-corrected chi connectivity index (χ2v) is 8.51. The number of anilines is 1. The van der Waals surface area contributed by atoms with Crippen molar-refractivity contribution in [2.75, 3.05) is 11.1 Å². The molecule has 0 unspecified atom stereocenters. The lowest BCUT2D eigenvalue weighted by Crippen LogP contribution is -2.17. The number of sulfone groups is 1. The first-order valence-electron chi connectivity index (χ1n) is 7.40. The maximum atomic E-state index is 12.2. The molecule has 0 aromatic heterocycles. The Morgan fingerprint density at radius 1 is 1.08 bits per heavy atom. The highest BCUT2D eigenvalue weighted by atomic mass is 32.2. The molecule has 2 aromatic rings. The van der Waals surface area contributed by atoms with Crippen LogP contribution < -0.4 is 5.32 Å². The van der Waals surface area contributed by atoms with Crippen molar-refractivity contribution in [3.05, 3.63) is 54.1 Å². The molecule has 2 rings (SSSR count). The number of halogens is 2. The van der Waals surface area contributed by atoms with E-state index < -0.39 is 21.5 Å². The van der Waals surface area contributed by atoms with Crippen LogP contribution in [0.3, 0.4) is 0 Å². The van der Waals surface area contributed by atoms with Gasteiger partial charge in [-0.25, -0.2) is 8.42 Å². The predicted molar refractivity (Wildman–Crippen MR) is 94.8 cm³/mol. The standard InChI is InChI=1S/C17H17F2NO3S2/c1-12-2-8-15(9-3-12)25(22,23)11-10-16(21)20-13-4-6-14(7-5-13)24-17(18)19/h2-9,17H,10-11H2,1H3,(H,20,21). The van der Waals surface area contributed by atoms with E-state index in [1.54, 1.807) is 12.1 Å². The summed E-state index contributed by atoms with van der Waals surface area (Å²) in [6.45, 7) is 1.86. The fourth-order valence-electron chi connectivity index (χ4n) is 2.03. The third-order valence-corrected chi connectivity index (χ3v) is 5.80. The summed E-state index contributed by atoms with van der Waals surface area (Å²) in [7, 11) is -3.53. The summed E-state index contributed by atoms with van der Waals surface area (Å²) >= 11 is 0.413. The fraction of sp³-hybridized carbons (Fsp3) is 0.235. The quantitative estimate of drug-likeness (QED) is 0.729. The van der Waals surface area contributed by atoms with Crippen molar-refractivity contribution in [3.8, 4) is 0 Å². The van der Waals surface area contributed by atoms with E-state index in [-0.39, 0.29) is 17.1 Å². The second kappa shape index (κ2) is 8.44. The van der Waals surface area contributed by atoms with Crippen molar-refractivity contribution < 1.29 is 22.0 Å². The molecule has 0 saturated heterocycles. The maximum absolute atomic E-state index is 12.2. The predicted octanol–water partition coefficient (Wildman–Crippen LogP) is 4.11. The van der Waals surface area contributed by atoms with E-state index in [1.165, 1.54) is 36.4 Å². The van der Waals surface area contributed by atoms with Gasteiger partial charge in [-0.15, -0.1) is 0 Å². The number of nitrogens with one attached hydrogen (secondary N) is 1. The Labute approximate surface area is 149 Å². The first-order chi connectivity index (χ1) is 11.8. The minimum absolute atomic E-state index is 0.180. The molecule has 0 spiro atoms. The number of thioether (sulfide) groups is 1. The molecule has 4 nitrogen and oxygen atoms in total. The topological polar surface area (TPSA) is 63.2 Å². The summed E-state index contributed by atoms with van der Waals surface area (Å²) in [6.07, 6.45) is -0.191. The van der Waals surface area contributed by atoms with E-state index in [2.05, 4.69) is 5.32 Å². The minimum atomic E-state index is -3.53. The molecule has 0 saturated carbocycles. The van der Waals surface area contributed by atoms with Crippen molar-refractivity contribution in [1.29, 1.82) is 0 Å². The summed E-state index contributed by atoms with van der Waals surface area (Å²) < 4.78 is 48.9. The van der Waals surface area contributed by atoms with Crippen LogP contribution in [0.2, 0.25) is 0 Å². The molecule has 134 valence electrons. The van der Waals surface area contributed by atoms with Gasteiger partial charge in [0.05, 0.1) is 10.6 Å². The number of hydrogen-bond donors (Lipinski definition) is 1. The summed E-state index contributed by atoms with van der Waals surface area (Å²) in [5.41, 5.74) is 1.38. The Balaban J connectivity index is 1.90. The molecule has 1 amide bonds. The molecule has 0 aliphatic heterocycles. The van der Waals surface area contributed by atoms with Crippen LogP contribution >= 0.6 is 11.8 Å². The van der Waals surface area contributed by atoms with Crippen LogP contribution in [0.1, 0.15) is 12.0 Å². The normalized spacial score (nSPS) is 11.5. The maximum Gasteiger partial charge on any atom is 0.288 e. The van der Waals surface area contributed by atoms with E-state index in [0.717, 1.165) is 5.56 Å². The number of benzene rings is 2. The smallest absolute Gasteiger partial charge is 0.288 e. The number of alkyl halides is 2. The number of carbonyl (C=O) groups excluding carboxylic acids is 1. The van der Waals surface area contributed by atoms with Gasteiger partial charge >= 0.3 is 0 Å². The highest BCUT2D eigenvalue weighted by Crippen LogP contribution is 2.26. The van der Waals surface area contributed by atoms with Crippen molar-refractivity contribution in [1.82, 2.24) is 0 Å². The van der Waals surface area contributed by atoms with E-state index in [1.807, 2.05) is 6.92 Å². The Morgan fingerprint density at radius 2 is 1.68 bits per heavy atom. The van der Waals surface area contributed by atoms with Gasteiger partial charge < -0.3 is 5.32 Å². The Morgan fingerprint density at radius 3 is 2.24 bits per heavy atom. The molecular formula is C17H17F2NO3S2. The lowest BCUT2D eigenvalue weighted by atomic mass is 10.2. The highest BCUT2D eigenvalue weighted by molar-refractivity contribution is 7.99. The molecule has 2 aromatic carbocycles. The van der Waals surface area contributed by atoms with E-state index in [9.17, 15) is 22.0 Å². The molecular weight excluding hydrogens is 368 g/mol. The van der Waals surface area contributed by atoms with Crippen molar-refractivity contribution in [2.45, 2.75) is 28.9 Å². The molecule has 0 radical (unpaired) electrons. The summed E-state index contributed by atoms with van der Waals surface area (Å²) in [4.78, 5) is 12.5. The van der Waals surface area contributed by atoms with Crippen molar-refractivity contribution in [3.63, 3.8) is 0 Å². The van der Waals surface area contributed by atoms with E-state index in [4.69, 9.17) is 0 Å². The number of amides is 1. The second-order valence-electron chi connectivity index (χ2n) is 5.33. The van der Waals surface area contributed by atoms with Gasteiger partial charge in [0.1, 0.15) is 0 Å². The molecule has 0 bridgehead atoms. The van der Waals surface area contributed by atoms with Crippen molar-refractivity contribution >= 4 is 33.2 Å². The SMILES string of the molecule is Cc1ccc(S(=O)(=O)CCC(=O)Nc2ccc(SC(F)F)cc2)cc1. The summed E-state index contributed by atoms with van der Waals surface area (Å²) in [5.74, 6) is -3.27. The average molecular weight is 385 g/mol. The number of hydrogen-bond acceptors (Lipinski definition) is 4. The zero-order valence-corrected chi connectivity index (χ0v) is 15.0. The van der Waals surface area contributed by atoms with Gasteiger partial charge in [0.25, 0.3) is 5.76 Å². The minimum Gasteiger partial charge on any atom is -0.326 e. The largest absolute Gasteiger partial charge is 0.326 e. The summed E-state index contributed by atoms with van der Waals surface area (Å²) in [5, 5.41) is 2.56. The third-order valence-electron chi connectivity index (χ3n) is 3.34. The van der Waals surface area contributed by atoms with Gasteiger partial charge in [0.15, 0.2) is 9.84 Å². The lowest BCUT2D eigenvalue weighted by Gasteiger charge is -2.07. The first-order valence-corrected chi connectivity index (χ1v) is 9.93. The zero-order chi connectivity index (χ0) is 18.4. The molecule has 0 fully saturated rings. The summed E-state index contributed by atoms with van der Waals surface area (Å²) in [6, 6.07) is 12.4. The first kappa shape index (κ1) is 19.4. The lowest BCUT2D eigenvalue weighted by molar-refractivity contribution is -0.115. The van der Waals surface area contributed by atoms with Crippen LogP contribution in [0.15, 0.2) is 58.3 Å². The fourth-order valence-corrected chi connectivity index (χ4v) is 3.77. The van der Waals surface area contributed by atoms with Crippen LogP contribution in [0.5, 0.6) is 0 Å². The van der Waals surface area contributed by atoms with Gasteiger partial charge in [-0.3, -0.25) is 4.79 Å². The Hall–Kier alpha value is -1.93. The Kier molecular flexibility index (Phi) is 6.55. The third kappa shape index (κ3) is 6.13. The number of carbonyl (C=O) groups is 1. The van der Waals surface area contributed by atoms with Gasteiger partial charge in [0.2, 0.25) is 5.91 Å². The molecule has 0 aliphatic rings. The zero-order valence-electron chi connectivity index (χ0n) is 13.4. The van der Waals surface area contributed by atoms with Gasteiger partial charge in [-0.1, -0.05) is 29.5 Å². The van der Waals surface area contributed by atoms with Crippen LogP contribution in [-0.4, -0.2) is 25.8 Å². The average Bonchev–Trinajstić information content (AvgIpc) is 2.55. The van der Waals surface area contributed by atoms with Gasteiger partial charge in [-0.2, -0.15) is 8.78 Å². The molecule has 0 heterocycles. The molecule has 0 atom stereocenters. The highest BCUT2D eigenvalue weighted by Gasteiger charge is 2.16. The van der Waals surface area contributed by atoms with Gasteiger partial charge in [-0.05, 0) is 43.3 Å². The molecule has 25 heavy (non-hydrogen) atoms. The van der Waals surface area contributed by atoms with Crippen LogP contribution in [0, 0.1) is 6.92 Å². The van der Waals surface area contributed by atoms with Crippen molar-refractivity contribution in [2.24, 2.45) is 0 Å². The van der Waals surface area contributed by atoms with Crippen LogP contribution in [-0.2, 0) is 14.6 Å². The molecule has 0 aliphatic carbocycles. The Bertz CT molecular complexity index is 820.